The SMILES string of the molecule is Cc1cccc(C2CC(=O)NC2CC(C)C)c1C. The monoisotopic (exact) mass is 245 g/mol. The van der Waals surface area contributed by atoms with E-state index in [-0.39, 0.29) is 5.91 Å². The number of amides is 1. The van der Waals surface area contributed by atoms with Crippen LogP contribution >= 0.6 is 0 Å². The Morgan fingerprint density at radius 1 is 1.33 bits per heavy atom. The number of carbonyl (C=O) groups excluding carboxylic acids is 1. The van der Waals surface area contributed by atoms with Gasteiger partial charge in [0.15, 0.2) is 0 Å². The Balaban J connectivity index is 2.30. The molecule has 1 saturated heterocycles. The molecule has 0 radical (unpaired) electrons. The number of aryl methyl sites for hydroxylation is 1. The lowest BCUT2D eigenvalue weighted by atomic mass is 9.84. The van der Waals surface area contributed by atoms with Gasteiger partial charge in [-0.05, 0) is 42.9 Å². The predicted molar refractivity (Wildman–Crippen MR) is 74.7 cm³/mol. The van der Waals surface area contributed by atoms with Crippen molar-refractivity contribution in [1.29, 1.82) is 0 Å². The summed E-state index contributed by atoms with van der Waals surface area (Å²) < 4.78 is 0. The summed E-state index contributed by atoms with van der Waals surface area (Å²) in [4.78, 5) is 11.7. The third-order valence-electron chi connectivity index (χ3n) is 4.01. The van der Waals surface area contributed by atoms with Gasteiger partial charge in [-0.25, -0.2) is 0 Å². The first kappa shape index (κ1) is 13.1. The molecule has 2 nitrogen and oxygen atoms in total. The standard InChI is InChI=1S/C16H23NO/c1-10(2)8-15-14(9-16(18)17-15)13-7-5-6-11(3)12(13)4/h5-7,10,14-15H,8-9H2,1-4H3,(H,17,18). The molecule has 2 atom stereocenters. The zero-order valence-corrected chi connectivity index (χ0v) is 11.8. The van der Waals surface area contributed by atoms with Crippen LogP contribution in [0.4, 0.5) is 0 Å². The summed E-state index contributed by atoms with van der Waals surface area (Å²) in [5.74, 6) is 1.16. The summed E-state index contributed by atoms with van der Waals surface area (Å²) in [5, 5.41) is 3.14. The van der Waals surface area contributed by atoms with Crippen LogP contribution < -0.4 is 5.32 Å². The average molecular weight is 245 g/mol. The third kappa shape index (κ3) is 2.58. The van der Waals surface area contributed by atoms with Crippen molar-refractivity contribution in [3.8, 4) is 0 Å². The van der Waals surface area contributed by atoms with E-state index in [2.05, 4.69) is 51.2 Å². The zero-order valence-electron chi connectivity index (χ0n) is 11.8. The fraction of sp³-hybridized carbons (Fsp3) is 0.562. The minimum Gasteiger partial charge on any atom is -0.353 e. The van der Waals surface area contributed by atoms with Gasteiger partial charge in [0.25, 0.3) is 0 Å². The van der Waals surface area contributed by atoms with E-state index in [9.17, 15) is 4.79 Å². The van der Waals surface area contributed by atoms with Crippen LogP contribution in [0.1, 0.15) is 49.3 Å². The van der Waals surface area contributed by atoms with E-state index < -0.39 is 0 Å². The van der Waals surface area contributed by atoms with E-state index in [1.165, 1.54) is 16.7 Å². The molecule has 1 aromatic carbocycles. The normalized spacial score (nSPS) is 23.5. The second-order valence-corrected chi connectivity index (χ2v) is 5.90. The Bertz CT molecular complexity index is 450. The molecule has 1 N–H and O–H groups in total. The molecule has 2 unspecified atom stereocenters. The molecule has 0 saturated carbocycles. The highest BCUT2D eigenvalue weighted by Crippen LogP contribution is 2.34. The number of hydrogen-bond acceptors (Lipinski definition) is 1. The number of hydrogen-bond donors (Lipinski definition) is 1. The van der Waals surface area contributed by atoms with Crippen LogP contribution in [0.2, 0.25) is 0 Å². The highest BCUT2D eigenvalue weighted by molar-refractivity contribution is 5.80. The van der Waals surface area contributed by atoms with Crippen LogP contribution in [-0.2, 0) is 4.79 Å². The van der Waals surface area contributed by atoms with Crippen molar-refractivity contribution in [3.63, 3.8) is 0 Å². The maximum absolute atomic E-state index is 11.7. The Kier molecular flexibility index (Phi) is 3.74. The zero-order chi connectivity index (χ0) is 13.3. The first-order valence-electron chi connectivity index (χ1n) is 6.84. The molecule has 1 heterocycles. The Morgan fingerprint density at radius 2 is 2.06 bits per heavy atom. The summed E-state index contributed by atoms with van der Waals surface area (Å²) in [5.41, 5.74) is 4.00. The van der Waals surface area contributed by atoms with Crippen molar-refractivity contribution in [2.75, 3.05) is 0 Å². The van der Waals surface area contributed by atoms with Gasteiger partial charge in [0, 0.05) is 18.4 Å². The number of benzene rings is 1. The molecular weight excluding hydrogens is 222 g/mol. The van der Waals surface area contributed by atoms with Crippen LogP contribution in [0.5, 0.6) is 0 Å². The maximum atomic E-state index is 11.7. The van der Waals surface area contributed by atoms with E-state index in [1.807, 2.05) is 0 Å². The van der Waals surface area contributed by atoms with Gasteiger partial charge in [-0.15, -0.1) is 0 Å². The van der Waals surface area contributed by atoms with Gasteiger partial charge in [-0.2, -0.15) is 0 Å². The summed E-state index contributed by atoms with van der Waals surface area (Å²) in [6, 6.07) is 6.73. The van der Waals surface area contributed by atoms with E-state index in [0.29, 0.717) is 24.3 Å². The highest BCUT2D eigenvalue weighted by atomic mass is 16.2. The summed E-state index contributed by atoms with van der Waals surface area (Å²) in [6.07, 6.45) is 1.70. The summed E-state index contributed by atoms with van der Waals surface area (Å²) >= 11 is 0. The molecule has 2 rings (SSSR count). The van der Waals surface area contributed by atoms with Crippen molar-refractivity contribution < 1.29 is 4.79 Å². The van der Waals surface area contributed by atoms with Crippen LogP contribution in [0, 0.1) is 19.8 Å². The van der Waals surface area contributed by atoms with E-state index in [0.717, 1.165) is 6.42 Å². The predicted octanol–water partition coefficient (Wildman–Crippen LogP) is 3.32. The molecule has 18 heavy (non-hydrogen) atoms. The second-order valence-electron chi connectivity index (χ2n) is 5.90. The van der Waals surface area contributed by atoms with Crippen molar-refractivity contribution in [2.24, 2.45) is 5.92 Å². The number of nitrogens with one attached hydrogen (secondary N) is 1. The molecule has 0 aliphatic carbocycles. The lowest BCUT2D eigenvalue weighted by molar-refractivity contribution is -0.119. The topological polar surface area (TPSA) is 29.1 Å². The molecule has 98 valence electrons. The molecule has 1 aliphatic heterocycles. The maximum Gasteiger partial charge on any atom is 0.220 e. The fourth-order valence-electron chi connectivity index (χ4n) is 2.94. The van der Waals surface area contributed by atoms with Crippen molar-refractivity contribution in [1.82, 2.24) is 5.32 Å². The largest absolute Gasteiger partial charge is 0.353 e. The van der Waals surface area contributed by atoms with Crippen LogP contribution in [0.15, 0.2) is 18.2 Å². The quantitative estimate of drug-likeness (QED) is 0.869. The molecular formula is C16H23NO. The average Bonchev–Trinajstić information content (AvgIpc) is 2.62. The fourth-order valence-corrected chi connectivity index (χ4v) is 2.94. The lowest BCUT2D eigenvalue weighted by Crippen LogP contribution is -2.29. The van der Waals surface area contributed by atoms with Gasteiger partial charge >= 0.3 is 0 Å². The minimum absolute atomic E-state index is 0.201. The molecule has 1 amide bonds. The van der Waals surface area contributed by atoms with Crippen LogP contribution in [-0.4, -0.2) is 11.9 Å². The number of rotatable bonds is 3. The molecule has 1 aromatic rings. The molecule has 2 heteroatoms. The summed E-state index contributed by atoms with van der Waals surface area (Å²) in [6.45, 7) is 8.73. The molecule has 0 spiro atoms. The van der Waals surface area contributed by atoms with Gasteiger partial charge in [0.1, 0.15) is 0 Å². The molecule has 0 bridgehead atoms. The van der Waals surface area contributed by atoms with Gasteiger partial charge in [-0.1, -0.05) is 32.0 Å². The number of carbonyl (C=O) groups is 1. The van der Waals surface area contributed by atoms with Gasteiger partial charge < -0.3 is 5.32 Å². The summed E-state index contributed by atoms with van der Waals surface area (Å²) in [7, 11) is 0. The first-order valence-corrected chi connectivity index (χ1v) is 6.84. The highest BCUT2D eigenvalue weighted by Gasteiger charge is 2.34. The molecule has 0 aromatic heterocycles. The van der Waals surface area contributed by atoms with E-state index in [4.69, 9.17) is 0 Å². The Hall–Kier alpha value is -1.31. The third-order valence-corrected chi connectivity index (χ3v) is 4.01. The second kappa shape index (κ2) is 5.13. The Morgan fingerprint density at radius 3 is 2.72 bits per heavy atom. The van der Waals surface area contributed by atoms with E-state index in [1.54, 1.807) is 0 Å². The van der Waals surface area contributed by atoms with Crippen LogP contribution in [0.3, 0.4) is 0 Å². The van der Waals surface area contributed by atoms with Gasteiger partial charge in [0.2, 0.25) is 5.91 Å². The smallest absolute Gasteiger partial charge is 0.220 e. The minimum atomic E-state index is 0.201. The molecule has 1 aliphatic rings. The van der Waals surface area contributed by atoms with Gasteiger partial charge in [0.05, 0.1) is 0 Å². The van der Waals surface area contributed by atoms with Crippen molar-refractivity contribution in [2.45, 2.75) is 52.5 Å². The Labute approximate surface area is 110 Å². The van der Waals surface area contributed by atoms with Crippen LogP contribution in [0.25, 0.3) is 0 Å². The van der Waals surface area contributed by atoms with E-state index >= 15 is 0 Å². The molecule has 1 fully saturated rings. The lowest BCUT2D eigenvalue weighted by Gasteiger charge is -2.23. The van der Waals surface area contributed by atoms with Gasteiger partial charge in [-0.3, -0.25) is 4.79 Å². The first-order chi connectivity index (χ1) is 8.49. The van der Waals surface area contributed by atoms with Crippen molar-refractivity contribution >= 4 is 5.91 Å². The van der Waals surface area contributed by atoms with Crippen molar-refractivity contribution in [3.05, 3.63) is 34.9 Å².